The Bertz CT molecular complexity index is 805. The SMILES string of the molecule is CCCCNC(=O)[C@@H](CC)N(Cc1ccc(C)cc1)C(=O)Cc1ccccc1Cl. The number of halogens is 1. The third kappa shape index (κ3) is 6.90. The minimum absolute atomic E-state index is 0.0967. The predicted molar refractivity (Wildman–Crippen MR) is 119 cm³/mol. The van der Waals surface area contributed by atoms with Gasteiger partial charge in [0.1, 0.15) is 6.04 Å². The Balaban J connectivity index is 2.25. The first kappa shape index (κ1) is 23.0. The average Bonchev–Trinajstić information content (AvgIpc) is 2.71. The van der Waals surface area contributed by atoms with Gasteiger partial charge in [0, 0.05) is 18.1 Å². The van der Waals surface area contributed by atoms with Gasteiger partial charge in [-0.3, -0.25) is 9.59 Å². The molecule has 0 saturated heterocycles. The molecule has 0 aliphatic carbocycles. The number of benzene rings is 2. The zero-order valence-electron chi connectivity index (χ0n) is 17.6. The summed E-state index contributed by atoms with van der Waals surface area (Å²) in [7, 11) is 0. The Kier molecular flexibility index (Phi) is 9.20. The van der Waals surface area contributed by atoms with Crippen LogP contribution >= 0.6 is 11.6 Å². The van der Waals surface area contributed by atoms with E-state index in [1.807, 2.05) is 56.3 Å². The molecule has 0 unspecified atom stereocenters. The van der Waals surface area contributed by atoms with Crippen molar-refractivity contribution in [1.29, 1.82) is 0 Å². The van der Waals surface area contributed by atoms with Gasteiger partial charge in [0.2, 0.25) is 11.8 Å². The lowest BCUT2D eigenvalue weighted by molar-refractivity contribution is -0.140. The molecule has 0 heterocycles. The molecule has 1 atom stereocenters. The molecule has 0 fully saturated rings. The van der Waals surface area contributed by atoms with Crippen molar-refractivity contribution < 1.29 is 9.59 Å². The van der Waals surface area contributed by atoms with Crippen LogP contribution in [-0.4, -0.2) is 29.3 Å². The maximum absolute atomic E-state index is 13.3. The fourth-order valence-corrected chi connectivity index (χ4v) is 3.42. The van der Waals surface area contributed by atoms with Crippen LogP contribution in [0.3, 0.4) is 0 Å². The number of aryl methyl sites for hydroxylation is 1. The first-order chi connectivity index (χ1) is 14.0. The van der Waals surface area contributed by atoms with E-state index in [4.69, 9.17) is 11.6 Å². The van der Waals surface area contributed by atoms with Crippen molar-refractivity contribution in [3.8, 4) is 0 Å². The Morgan fingerprint density at radius 2 is 1.76 bits per heavy atom. The van der Waals surface area contributed by atoms with Gasteiger partial charge >= 0.3 is 0 Å². The van der Waals surface area contributed by atoms with E-state index >= 15 is 0 Å². The first-order valence-corrected chi connectivity index (χ1v) is 10.7. The molecule has 0 saturated carbocycles. The van der Waals surface area contributed by atoms with E-state index in [1.54, 1.807) is 11.0 Å². The highest BCUT2D eigenvalue weighted by atomic mass is 35.5. The van der Waals surface area contributed by atoms with Crippen molar-refractivity contribution in [2.24, 2.45) is 0 Å². The number of nitrogens with zero attached hydrogens (tertiary/aromatic N) is 1. The van der Waals surface area contributed by atoms with Gasteiger partial charge in [-0.1, -0.05) is 79.9 Å². The van der Waals surface area contributed by atoms with Gasteiger partial charge in [-0.15, -0.1) is 0 Å². The van der Waals surface area contributed by atoms with Crippen LogP contribution in [0, 0.1) is 6.92 Å². The van der Waals surface area contributed by atoms with Gasteiger partial charge in [-0.05, 0) is 37.0 Å². The number of amides is 2. The van der Waals surface area contributed by atoms with E-state index < -0.39 is 6.04 Å². The number of carbonyl (C=O) groups is 2. The quantitative estimate of drug-likeness (QED) is 0.561. The van der Waals surface area contributed by atoms with Crippen LogP contribution in [0.15, 0.2) is 48.5 Å². The maximum Gasteiger partial charge on any atom is 0.242 e. The molecule has 0 bridgehead atoms. The molecule has 0 aliphatic rings. The molecule has 2 aromatic rings. The van der Waals surface area contributed by atoms with Crippen LogP contribution in [0.1, 0.15) is 49.8 Å². The Hall–Kier alpha value is -2.33. The molecule has 4 nitrogen and oxygen atoms in total. The molecule has 156 valence electrons. The highest BCUT2D eigenvalue weighted by molar-refractivity contribution is 6.31. The normalized spacial score (nSPS) is 11.7. The maximum atomic E-state index is 13.3. The van der Waals surface area contributed by atoms with Crippen LogP contribution in [0.25, 0.3) is 0 Å². The summed E-state index contributed by atoms with van der Waals surface area (Å²) in [5.74, 6) is -0.197. The zero-order valence-corrected chi connectivity index (χ0v) is 18.3. The standard InChI is InChI=1S/C24H31ClN2O2/c1-4-6-15-26-24(29)22(5-2)27(17-19-13-11-18(3)12-14-19)23(28)16-20-9-7-8-10-21(20)25/h7-14,22H,4-6,15-17H2,1-3H3,(H,26,29)/t22-/m1/s1. The van der Waals surface area contributed by atoms with Crippen molar-refractivity contribution in [2.75, 3.05) is 6.54 Å². The summed E-state index contributed by atoms with van der Waals surface area (Å²) in [4.78, 5) is 27.8. The van der Waals surface area contributed by atoms with Crippen LogP contribution in [0.5, 0.6) is 0 Å². The van der Waals surface area contributed by atoms with Crippen molar-refractivity contribution >= 4 is 23.4 Å². The van der Waals surface area contributed by atoms with Gasteiger partial charge in [-0.2, -0.15) is 0 Å². The Morgan fingerprint density at radius 1 is 1.07 bits per heavy atom. The van der Waals surface area contributed by atoms with Crippen molar-refractivity contribution in [1.82, 2.24) is 10.2 Å². The number of rotatable bonds is 10. The first-order valence-electron chi connectivity index (χ1n) is 10.3. The Morgan fingerprint density at radius 3 is 2.38 bits per heavy atom. The molecule has 2 aromatic carbocycles. The van der Waals surface area contributed by atoms with Gasteiger partial charge in [-0.25, -0.2) is 0 Å². The van der Waals surface area contributed by atoms with E-state index in [9.17, 15) is 9.59 Å². The van der Waals surface area contributed by atoms with E-state index in [2.05, 4.69) is 12.2 Å². The minimum atomic E-state index is -0.511. The lowest BCUT2D eigenvalue weighted by atomic mass is 10.1. The van der Waals surface area contributed by atoms with Gasteiger partial charge in [0.15, 0.2) is 0 Å². The number of nitrogens with one attached hydrogen (secondary N) is 1. The van der Waals surface area contributed by atoms with Gasteiger partial charge in [0.05, 0.1) is 6.42 Å². The summed E-state index contributed by atoms with van der Waals surface area (Å²) in [6.45, 7) is 7.07. The summed E-state index contributed by atoms with van der Waals surface area (Å²) < 4.78 is 0. The Labute approximate surface area is 179 Å². The molecule has 0 aromatic heterocycles. The van der Waals surface area contributed by atoms with E-state index in [0.29, 0.717) is 24.5 Å². The third-order valence-electron chi connectivity index (χ3n) is 4.99. The molecule has 2 rings (SSSR count). The van der Waals surface area contributed by atoms with Crippen LogP contribution < -0.4 is 5.32 Å². The van der Waals surface area contributed by atoms with Crippen molar-refractivity contribution in [3.63, 3.8) is 0 Å². The highest BCUT2D eigenvalue weighted by Gasteiger charge is 2.28. The van der Waals surface area contributed by atoms with E-state index in [-0.39, 0.29) is 18.2 Å². The second-order valence-corrected chi connectivity index (χ2v) is 7.75. The number of hydrogen-bond donors (Lipinski definition) is 1. The number of carbonyl (C=O) groups excluding carboxylic acids is 2. The molecular formula is C24H31ClN2O2. The van der Waals surface area contributed by atoms with E-state index in [1.165, 1.54) is 0 Å². The number of unbranched alkanes of at least 4 members (excludes halogenated alkanes) is 1. The lowest BCUT2D eigenvalue weighted by Crippen LogP contribution is -2.49. The van der Waals surface area contributed by atoms with Crippen molar-refractivity contribution in [2.45, 2.75) is 59.0 Å². The fraction of sp³-hybridized carbons (Fsp3) is 0.417. The topological polar surface area (TPSA) is 49.4 Å². The monoisotopic (exact) mass is 414 g/mol. The predicted octanol–water partition coefficient (Wildman–Crippen LogP) is 4.91. The van der Waals surface area contributed by atoms with Crippen LogP contribution in [-0.2, 0) is 22.6 Å². The highest BCUT2D eigenvalue weighted by Crippen LogP contribution is 2.19. The van der Waals surface area contributed by atoms with Gasteiger partial charge in [0.25, 0.3) is 0 Å². The summed E-state index contributed by atoms with van der Waals surface area (Å²) in [5.41, 5.74) is 2.93. The minimum Gasteiger partial charge on any atom is -0.354 e. The second-order valence-electron chi connectivity index (χ2n) is 7.34. The number of hydrogen-bond acceptors (Lipinski definition) is 2. The smallest absolute Gasteiger partial charge is 0.242 e. The van der Waals surface area contributed by atoms with Gasteiger partial charge < -0.3 is 10.2 Å². The molecule has 29 heavy (non-hydrogen) atoms. The van der Waals surface area contributed by atoms with Crippen LogP contribution in [0.2, 0.25) is 5.02 Å². The summed E-state index contributed by atoms with van der Waals surface area (Å²) >= 11 is 6.26. The zero-order chi connectivity index (χ0) is 21.2. The summed E-state index contributed by atoms with van der Waals surface area (Å²) in [6.07, 6.45) is 2.66. The van der Waals surface area contributed by atoms with Crippen molar-refractivity contribution in [3.05, 3.63) is 70.2 Å². The van der Waals surface area contributed by atoms with Crippen LogP contribution in [0.4, 0.5) is 0 Å². The molecule has 2 amide bonds. The largest absolute Gasteiger partial charge is 0.354 e. The molecule has 0 spiro atoms. The lowest BCUT2D eigenvalue weighted by Gasteiger charge is -2.31. The third-order valence-corrected chi connectivity index (χ3v) is 5.36. The molecule has 1 N–H and O–H groups in total. The molecule has 0 aliphatic heterocycles. The molecular weight excluding hydrogens is 384 g/mol. The second kappa shape index (κ2) is 11.6. The summed E-state index contributed by atoms with van der Waals surface area (Å²) in [5, 5.41) is 3.55. The molecule has 5 heteroatoms. The average molecular weight is 415 g/mol. The molecule has 0 radical (unpaired) electrons. The fourth-order valence-electron chi connectivity index (χ4n) is 3.22. The summed E-state index contributed by atoms with van der Waals surface area (Å²) in [6, 6.07) is 14.9. The van der Waals surface area contributed by atoms with E-state index in [0.717, 1.165) is 29.5 Å².